The van der Waals surface area contributed by atoms with Crippen LogP contribution in [0.15, 0.2) is 54.6 Å². The van der Waals surface area contributed by atoms with Crippen LogP contribution < -0.4 is 10.6 Å². The van der Waals surface area contributed by atoms with E-state index in [0.717, 1.165) is 11.1 Å². The molecule has 1 aliphatic heterocycles. The molecule has 2 aromatic rings. The molecule has 0 saturated carbocycles. The average Bonchev–Trinajstić information content (AvgIpc) is 2.72. The van der Waals surface area contributed by atoms with Crippen molar-refractivity contribution in [1.29, 1.82) is 0 Å². The molecular formula is C23H29N3O2. The molecule has 0 atom stereocenters. The Labute approximate surface area is 167 Å². The molecule has 0 aliphatic carbocycles. The number of carbonyl (C=O) groups excluding carboxylic acids is 2. The fourth-order valence-electron chi connectivity index (χ4n) is 3.42. The Hall–Kier alpha value is -2.82. The van der Waals surface area contributed by atoms with Gasteiger partial charge >= 0.3 is 6.03 Å². The number of carbonyl (C=O) groups is 2. The Morgan fingerprint density at radius 3 is 2.11 bits per heavy atom. The summed E-state index contributed by atoms with van der Waals surface area (Å²) in [5.41, 5.74) is 2.95. The Morgan fingerprint density at radius 1 is 0.893 bits per heavy atom. The van der Waals surface area contributed by atoms with Crippen LogP contribution >= 0.6 is 0 Å². The summed E-state index contributed by atoms with van der Waals surface area (Å²) in [5.74, 6) is 0.0658. The lowest BCUT2D eigenvalue weighted by Crippen LogP contribution is -2.50. The molecule has 0 bridgehead atoms. The fourth-order valence-corrected chi connectivity index (χ4v) is 3.42. The van der Waals surface area contributed by atoms with Crippen molar-refractivity contribution in [2.75, 3.05) is 13.1 Å². The molecule has 0 spiro atoms. The summed E-state index contributed by atoms with van der Waals surface area (Å²) in [6, 6.07) is 18.0. The van der Waals surface area contributed by atoms with E-state index < -0.39 is 5.41 Å². The predicted octanol–water partition coefficient (Wildman–Crippen LogP) is 3.62. The van der Waals surface area contributed by atoms with Crippen molar-refractivity contribution in [3.63, 3.8) is 0 Å². The molecule has 148 valence electrons. The smallest absolute Gasteiger partial charge is 0.317 e. The molecule has 5 heteroatoms. The second-order valence-electron chi connectivity index (χ2n) is 7.86. The number of hydrogen-bond donors (Lipinski definition) is 2. The van der Waals surface area contributed by atoms with Gasteiger partial charge in [-0.15, -0.1) is 0 Å². The van der Waals surface area contributed by atoms with Crippen LogP contribution in [0, 0.1) is 12.3 Å². The Bertz CT molecular complexity index is 794. The first kappa shape index (κ1) is 19.9. The van der Waals surface area contributed by atoms with Gasteiger partial charge in [0.15, 0.2) is 0 Å². The van der Waals surface area contributed by atoms with Crippen LogP contribution in [-0.2, 0) is 17.9 Å². The third kappa shape index (κ3) is 5.12. The number of nitrogens with one attached hydrogen (secondary N) is 2. The van der Waals surface area contributed by atoms with Crippen molar-refractivity contribution in [2.24, 2.45) is 5.41 Å². The van der Waals surface area contributed by atoms with Crippen molar-refractivity contribution >= 4 is 11.9 Å². The summed E-state index contributed by atoms with van der Waals surface area (Å²) in [4.78, 5) is 26.9. The quantitative estimate of drug-likeness (QED) is 0.833. The average molecular weight is 380 g/mol. The van der Waals surface area contributed by atoms with Gasteiger partial charge in [-0.1, -0.05) is 67.1 Å². The third-order valence-corrected chi connectivity index (χ3v) is 5.56. The second kappa shape index (κ2) is 8.91. The van der Waals surface area contributed by atoms with Gasteiger partial charge in [-0.2, -0.15) is 0 Å². The number of piperidine rings is 1. The van der Waals surface area contributed by atoms with E-state index in [-0.39, 0.29) is 11.9 Å². The van der Waals surface area contributed by atoms with E-state index >= 15 is 0 Å². The monoisotopic (exact) mass is 379 g/mol. The van der Waals surface area contributed by atoms with Crippen molar-refractivity contribution in [3.8, 4) is 0 Å². The SMILES string of the molecule is Cc1ccc(CNC(=O)N2CCC(C)(C(=O)NCc3ccccc3)CC2)cc1. The van der Waals surface area contributed by atoms with Gasteiger partial charge in [0.2, 0.25) is 5.91 Å². The molecule has 3 amide bonds. The van der Waals surface area contributed by atoms with E-state index in [9.17, 15) is 9.59 Å². The lowest BCUT2D eigenvalue weighted by molar-refractivity contribution is -0.132. The minimum Gasteiger partial charge on any atom is -0.352 e. The van der Waals surface area contributed by atoms with E-state index in [1.807, 2.05) is 68.4 Å². The number of rotatable bonds is 5. The standard InChI is InChI=1S/C23H29N3O2/c1-18-8-10-20(11-9-18)17-25-22(28)26-14-12-23(2,13-15-26)21(27)24-16-19-6-4-3-5-7-19/h3-11H,12-17H2,1-2H3,(H,24,27)(H,25,28). The highest BCUT2D eigenvalue weighted by molar-refractivity contribution is 5.83. The predicted molar refractivity (Wildman–Crippen MR) is 111 cm³/mol. The number of amides is 3. The van der Waals surface area contributed by atoms with Gasteiger partial charge in [-0.05, 0) is 30.9 Å². The van der Waals surface area contributed by atoms with E-state index in [4.69, 9.17) is 0 Å². The maximum absolute atomic E-state index is 12.7. The summed E-state index contributed by atoms with van der Waals surface area (Å²) < 4.78 is 0. The van der Waals surface area contributed by atoms with Gasteiger partial charge in [0.05, 0.1) is 0 Å². The van der Waals surface area contributed by atoms with E-state index in [2.05, 4.69) is 10.6 Å². The number of hydrogen-bond acceptors (Lipinski definition) is 2. The molecule has 2 aromatic carbocycles. The Balaban J connectivity index is 1.45. The topological polar surface area (TPSA) is 61.4 Å². The van der Waals surface area contributed by atoms with Crippen molar-refractivity contribution in [2.45, 2.75) is 39.8 Å². The molecule has 1 saturated heterocycles. The molecular weight excluding hydrogens is 350 g/mol. The number of benzene rings is 2. The molecule has 1 heterocycles. The van der Waals surface area contributed by atoms with E-state index in [1.54, 1.807) is 4.90 Å². The summed E-state index contributed by atoms with van der Waals surface area (Å²) in [5, 5.41) is 6.02. The number of likely N-dealkylation sites (tertiary alicyclic amines) is 1. The number of aryl methyl sites for hydroxylation is 1. The van der Waals surface area contributed by atoms with Crippen LogP contribution in [0.5, 0.6) is 0 Å². The Kier molecular flexibility index (Phi) is 6.34. The lowest BCUT2D eigenvalue weighted by atomic mass is 9.79. The fraction of sp³-hybridized carbons (Fsp3) is 0.391. The van der Waals surface area contributed by atoms with Crippen LogP contribution in [-0.4, -0.2) is 29.9 Å². The van der Waals surface area contributed by atoms with Crippen LogP contribution in [0.3, 0.4) is 0 Å². The van der Waals surface area contributed by atoms with Crippen molar-refractivity contribution in [3.05, 3.63) is 71.3 Å². The molecule has 0 unspecified atom stereocenters. The first-order valence-electron chi connectivity index (χ1n) is 9.87. The number of nitrogens with zero attached hydrogens (tertiary/aromatic N) is 1. The highest BCUT2D eigenvalue weighted by Crippen LogP contribution is 2.31. The minimum atomic E-state index is -0.428. The van der Waals surface area contributed by atoms with Gasteiger partial charge in [0.25, 0.3) is 0 Å². The van der Waals surface area contributed by atoms with Crippen LogP contribution in [0.4, 0.5) is 4.79 Å². The second-order valence-corrected chi connectivity index (χ2v) is 7.86. The largest absolute Gasteiger partial charge is 0.352 e. The van der Waals surface area contributed by atoms with Gasteiger partial charge in [0.1, 0.15) is 0 Å². The molecule has 0 aromatic heterocycles. The molecule has 28 heavy (non-hydrogen) atoms. The normalized spacial score (nSPS) is 15.7. The molecule has 5 nitrogen and oxygen atoms in total. The number of urea groups is 1. The molecule has 1 fully saturated rings. The summed E-state index contributed by atoms with van der Waals surface area (Å²) in [6.07, 6.45) is 1.34. The van der Waals surface area contributed by atoms with E-state index in [1.165, 1.54) is 5.56 Å². The molecule has 2 N–H and O–H groups in total. The zero-order chi connectivity index (χ0) is 20.0. The van der Waals surface area contributed by atoms with Crippen LogP contribution in [0.2, 0.25) is 0 Å². The summed E-state index contributed by atoms with van der Waals surface area (Å²) in [6.45, 7) is 6.28. The first-order chi connectivity index (χ1) is 13.5. The summed E-state index contributed by atoms with van der Waals surface area (Å²) in [7, 11) is 0. The Morgan fingerprint density at radius 2 is 1.46 bits per heavy atom. The zero-order valence-electron chi connectivity index (χ0n) is 16.7. The lowest BCUT2D eigenvalue weighted by Gasteiger charge is -2.38. The highest BCUT2D eigenvalue weighted by atomic mass is 16.2. The maximum atomic E-state index is 12.7. The highest BCUT2D eigenvalue weighted by Gasteiger charge is 2.37. The van der Waals surface area contributed by atoms with E-state index in [0.29, 0.717) is 39.0 Å². The van der Waals surface area contributed by atoms with Crippen LogP contribution in [0.1, 0.15) is 36.5 Å². The maximum Gasteiger partial charge on any atom is 0.317 e. The van der Waals surface area contributed by atoms with Gasteiger partial charge in [0, 0.05) is 31.6 Å². The van der Waals surface area contributed by atoms with Crippen molar-refractivity contribution < 1.29 is 9.59 Å². The molecule has 3 rings (SSSR count). The summed E-state index contributed by atoms with van der Waals surface area (Å²) >= 11 is 0. The molecule has 1 aliphatic rings. The third-order valence-electron chi connectivity index (χ3n) is 5.56. The van der Waals surface area contributed by atoms with Crippen LogP contribution in [0.25, 0.3) is 0 Å². The van der Waals surface area contributed by atoms with Crippen molar-refractivity contribution in [1.82, 2.24) is 15.5 Å². The minimum absolute atomic E-state index is 0.0627. The van der Waals surface area contributed by atoms with Gasteiger partial charge in [-0.25, -0.2) is 4.79 Å². The first-order valence-corrected chi connectivity index (χ1v) is 9.87. The zero-order valence-corrected chi connectivity index (χ0v) is 16.7. The molecule has 0 radical (unpaired) electrons. The van der Waals surface area contributed by atoms with Gasteiger partial charge < -0.3 is 15.5 Å². The van der Waals surface area contributed by atoms with Gasteiger partial charge in [-0.3, -0.25) is 4.79 Å².